The fraction of sp³-hybridized carbons (Fsp3) is 0.250. The number of para-hydroxylation sites is 1. The minimum Gasteiger partial charge on any atom is -0.490 e. The van der Waals surface area contributed by atoms with E-state index < -0.39 is 17.8 Å². The van der Waals surface area contributed by atoms with E-state index in [9.17, 15) is 23.4 Å². The SMILES string of the molecule is OCc1ccccc1Sc1ccccc1CNCC(O)COc1ccccc1C(F)(F)F. The molecule has 1 unspecified atom stereocenters. The number of aliphatic hydroxyl groups is 2. The van der Waals surface area contributed by atoms with E-state index in [4.69, 9.17) is 4.74 Å². The van der Waals surface area contributed by atoms with Crippen LogP contribution in [0.5, 0.6) is 5.75 Å². The van der Waals surface area contributed by atoms with Crippen LogP contribution in [-0.4, -0.2) is 29.5 Å². The summed E-state index contributed by atoms with van der Waals surface area (Å²) in [6, 6.07) is 20.3. The van der Waals surface area contributed by atoms with Gasteiger partial charge in [0.25, 0.3) is 0 Å². The average Bonchev–Trinajstić information content (AvgIpc) is 2.79. The number of hydrogen-bond donors (Lipinski definition) is 3. The lowest BCUT2D eigenvalue weighted by Crippen LogP contribution is -2.31. The van der Waals surface area contributed by atoms with Gasteiger partial charge in [0.05, 0.1) is 12.2 Å². The average molecular weight is 464 g/mol. The molecule has 0 spiro atoms. The Morgan fingerprint density at radius 3 is 2.16 bits per heavy atom. The summed E-state index contributed by atoms with van der Waals surface area (Å²) in [6.07, 6.45) is -5.50. The first-order valence-electron chi connectivity index (χ1n) is 10.0. The topological polar surface area (TPSA) is 61.7 Å². The van der Waals surface area contributed by atoms with Crippen molar-refractivity contribution in [2.24, 2.45) is 0 Å². The first-order valence-corrected chi connectivity index (χ1v) is 10.8. The smallest absolute Gasteiger partial charge is 0.419 e. The van der Waals surface area contributed by atoms with E-state index in [0.717, 1.165) is 27.0 Å². The predicted octanol–water partition coefficient (Wildman–Crippen LogP) is 4.88. The Bertz CT molecular complexity index is 1010. The largest absolute Gasteiger partial charge is 0.490 e. The zero-order chi connectivity index (χ0) is 23.0. The van der Waals surface area contributed by atoms with Gasteiger partial charge in [0.1, 0.15) is 18.5 Å². The number of ether oxygens (including phenoxy) is 1. The van der Waals surface area contributed by atoms with Crippen LogP contribution in [-0.2, 0) is 19.3 Å². The van der Waals surface area contributed by atoms with Gasteiger partial charge in [-0.15, -0.1) is 0 Å². The third kappa shape index (κ3) is 6.74. The highest BCUT2D eigenvalue weighted by Crippen LogP contribution is 2.36. The number of benzene rings is 3. The lowest BCUT2D eigenvalue weighted by Gasteiger charge is -2.17. The lowest BCUT2D eigenvalue weighted by atomic mass is 10.2. The van der Waals surface area contributed by atoms with Crippen LogP contribution in [0.3, 0.4) is 0 Å². The number of rotatable bonds is 10. The standard InChI is InChI=1S/C24H24F3NO3S/c25-24(26,27)20-9-3-4-10-21(20)31-16-19(30)14-28-13-17-7-1-5-11-22(17)32-23-12-6-2-8-18(23)15-29/h1-12,19,28-30H,13-16H2. The van der Waals surface area contributed by atoms with Crippen molar-refractivity contribution in [3.8, 4) is 5.75 Å². The maximum Gasteiger partial charge on any atom is 0.419 e. The van der Waals surface area contributed by atoms with Crippen molar-refractivity contribution >= 4 is 11.8 Å². The van der Waals surface area contributed by atoms with Crippen LogP contribution < -0.4 is 10.1 Å². The molecule has 8 heteroatoms. The second-order valence-electron chi connectivity index (χ2n) is 7.07. The van der Waals surface area contributed by atoms with E-state index in [1.165, 1.54) is 18.2 Å². The fourth-order valence-electron chi connectivity index (χ4n) is 3.05. The third-order valence-corrected chi connectivity index (χ3v) is 5.89. The minimum atomic E-state index is -4.52. The van der Waals surface area contributed by atoms with Gasteiger partial charge >= 0.3 is 6.18 Å². The zero-order valence-corrected chi connectivity index (χ0v) is 18.0. The Balaban J connectivity index is 1.54. The first kappa shape index (κ1) is 24.1. The molecule has 3 aromatic carbocycles. The molecule has 0 amide bonds. The number of nitrogens with one attached hydrogen (secondary N) is 1. The fourth-order valence-corrected chi connectivity index (χ4v) is 4.11. The number of hydrogen-bond acceptors (Lipinski definition) is 5. The third-order valence-electron chi connectivity index (χ3n) is 4.65. The molecule has 0 radical (unpaired) electrons. The van der Waals surface area contributed by atoms with Crippen molar-refractivity contribution < 1.29 is 28.1 Å². The van der Waals surface area contributed by atoms with Gasteiger partial charge < -0.3 is 20.3 Å². The molecular weight excluding hydrogens is 439 g/mol. The Hall–Kier alpha value is -2.52. The van der Waals surface area contributed by atoms with E-state index in [1.807, 2.05) is 48.5 Å². The van der Waals surface area contributed by atoms with Crippen molar-refractivity contribution in [1.29, 1.82) is 0 Å². The summed E-state index contributed by atoms with van der Waals surface area (Å²) < 4.78 is 44.3. The number of halogens is 3. The lowest BCUT2D eigenvalue weighted by molar-refractivity contribution is -0.139. The summed E-state index contributed by atoms with van der Waals surface area (Å²) in [7, 11) is 0. The highest BCUT2D eigenvalue weighted by molar-refractivity contribution is 7.99. The normalized spacial score (nSPS) is 12.5. The molecule has 3 aromatic rings. The monoisotopic (exact) mass is 463 g/mol. The summed E-state index contributed by atoms with van der Waals surface area (Å²) in [5.74, 6) is -0.302. The van der Waals surface area contributed by atoms with Crippen LogP contribution in [0.4, 0.5) is 13.2 Å². The molecule has 170 valence electrons. The summed E-state index contributed by atoms with van der Waals surface area (Å²) in [5.41, 5.74) is 0.974. The quantitative estimate of drug-likeness (QED) is 0.400. The van der Waals surface area contributed by atoms with E-state index in [-0.39, 0.29) is 25.5 Å². The number of aliphatic hydroxyl groups excluding tert-OH is 2. The highest BCUT2D eigenvalue weighted by Gasteiger charge is 2.34. The highest BCUT2D eigenvalue weighted by atomic mass is 32.2. The van der Waals surface area contributed by atoms with Crippen LogP contribution >= 0.6 is 11.8 Å². The van der Waals surface area contributed by atoms with Crippen molar-refractivity contribution in [3.05, 3.63) is 89.5 Å². The molecule has 3 rings (SSSR count). The molecular formula is C24H24F3NO3S. The van der Waals surface area contributed by atoms with E-state index in [2.05, 4.69) is 5.32 Å². The molecule has 0 fully saturated rings. The molecule has 0 aliphatic rings. The van der Waals surface area contributed by atoms with Crippen molar-refractivity contribution in [1.82, 2.24) is 5.32 Å². The summed E-state index contributed by atoms with van der Waals surface area (Å²) in [4.78, 5) is 1.96. The molecule has 0 aromatic heterocycles. The molecule has 32 heavy (non-hydrogen) atoms. The van der Waals surface area contributed by atoms with Crippen LogP contribution in [0, 0.1) is 0 Å². The molecule has 1 atom stereocenters. The van der Waals surface area contributed by atoms with Gasteiger partial charge in [0.15, 0.2) is 0 Å². The molecule has 0 bridgehead atoms. The van der Waals surface area contributed by atoms with Crippen LogP contribution in [0.1, 0.15) is 16.7 Å². The van der Waals surface area contributed by atoms with Gasteiger partial charge in [-0.2, -0.15) is 13.2 Å². The zero-order valence-electron chi connectivity index (χ0n) is 17.2. The maximum absolute atomic E-state index is 13.0. The van der Waals surface area contributed by atoms with Gasteiger partial charge in [0.2, 0.25) is 0 Å². The Morgan fingerprint density at radius 2 is 1.47 bits per heavy atom. The van der Waals surface area contributed by atoms with Crippen LogP contribution in [0.25, 0.3) is 0 Å². The van der Waals surface area contributed by atoms with Gasteiger partial charge in [-0.1, -0.05) is 60.3 Å². The van der Waals surface area contributed by atoms with Crippen LogP contribution in [0.2, 0.25) is 0 Å². The Kier molecular flexibility index (Phi) is 8.58. The van der Waals surface area contributed by atoms with Gasteiger partial charge in [-0.3, -0.25) is 0 Å². The van der Waals surface area contributed by atoms with Gasteiger partial charge in [-0.25, -0.2) is 0 Å². The number of alkyl halides is 3. The molecule has 0 heterocycles. The Morgan fingerprint density at radius 1 is 0.875 bits per heavy atom. The Labute approximate surface area is 189 Å². The predicted molar refractivity (Wildman–Crippen MR) is 118 cm³/mol. The van der Waals surface area contributed by atoms with Crippen molar-refractivity contribution in [2.75, 3.05) is 13.2 Å². The van der Waals surface area contributed by atoms with Crippen molar-refractivity contribution in [3.63, 3.8) is 0 Å². The second-order valence-corrected chi connectivity index (χ2v) is 8.15. The molecule has 0 aliphatic carbocycles. The summed E-state index contributed by atoms with van der Waals surface area (Å²) in [5, 5.41) is 22.8. The summed E-state index contributed by atoms with van der Waals surface area (Å²) in [6.45, 7) is 0.300. The molecule has 0 saturated carbocycles. The first-order chi connectivity index (χ1) is 15.4. The molecule has 0 aliphatic heterocycles. The minimum absolute atomic E-state index is 0.0484. The van der Waals surface area contributed by atoms with Crippen molar-refractivity contribution in [2.45, 2.75) is 35.2 Å². The second kappa shape index (κ2) is 11.4. The molecule has 3 N–H and O–H groups in total. The van der Waals surface area contributed by atoms with Gasteiger partial charge in [0, 0.05) is 22.9 Å². The van der Waals surface area contributed by atoms with Crippen LogP contribution in [0.15, 0.2) is 82.6 Å². The summed E-state index contributed by atoms with van der Waals surface area (Å²) >= 11 is 1.54. The van der Waals surface area contributed by atoms with E-state index in [0.29, 0.717) is 6.54 Å². The van der Waals surface area contributed by atoms with E-state index in [1.54, 1.807) is 11.8 Å². The van der Waals surface area contributed by atoms with E-state index >= 15 is 0 Å². The maximum atomic E-state index is 13.0. The van der Waals surface area contributed by atoms with Gasteiger partial charge in [-0.05, 0) is 35.4 Å². The molecule has 0 saturated heterocycles. The molecule has 4 nitrogen and oxygen atoms in total.